The summed E-state index contributed by atoms with van der Waals surface area (Å²) in [7, 11) is 0. The van der Waals surface area contributed by atoms with Gasteiger partial charge in [0.05, 0.1) is 0 Å². The summed E-state index contributed by atoms with van der Waals surface area (Å²) in [5.41, 5.74) is 1.15. The fourth-order valence-electron chi connectivity index (χ4n) is 0.976. The molecule has 0 fully saturated rings. The molecule has 72 valence electrons. The monoisotopic (exact) mass is 183 g/mol. The van der Waals surface area contributed by atoms with Gasteiger partial charge in [0, 0.05) is 11.7 Å². The maximum atomic E-state index is 11.3. The summed E-state index contributed by atoms with van der Waals surface area (Å²) in [5, 5.41) is 8.50. The van der Waals surface area contributed by atoms with E-state index in [2.05, 4.69) is 4.98 Å². The summed E-state index contributed by atoms with van der Waals surface area (Å²) in [6.07, 6.45) is 1.59. The molecule has 1 heterocycles. The van der Waals surface area contributed by atoms with Crippen molar-refractivity contribution in [2.45, 2.75) is 26.3 Å². The molecule has 5 heteroatoms. The van der Waals surface area contributed by atoms with Crippen LogP contribution in [0.3, 0.4) is 0 Å². The first kappa shape index (κ1) is 9.73. The van der Waals surface area contributed by atoms with Gasteiger partial charge in [-0.25, -0.2) is 4.79 Å². The van der Waals surface area contributed by atoms with Gasteiger partial charge >= 0.3 is 5.69 Å². The molecule has 1 rings (SSSR count). The van der Waals surface area contributed by atoms with Gasteiger partial charge in [-0.05, 0) is 26.8 Å². The summed E-state index contributed by atoms with van der Waals surface area (Å²) in [5.74, 6) is 0.158. The van der Waals surface area contributed by atoms with Crippen LogP contribution in [0.15, 0.2) is 17.1 Å². The lowest BCUT2D eigenvalue weighted by Gasteiger charge is -2.21. The van der Waals surface area contributed by atoms with Gasteiger partial charge in [-0.2, -0.15) is 4.98 Å². The topological polar surface area (TPSA) is 67.2 Å². The van der Waals surface area contributed by atoms with E-state index in [-0.39, 0.29) is 17.0 Å². The van der Waals surface area contributed by atoms with Crippen molar-refractivity contribution in [3.05, 3.63) is 22.7 Å². The van der Waals surface area contributed by atoms with E-state index in [0.717, 1.165) is 0 Å². The second kappa shape index (κ2) is 3.18. The molecule has 0 aliphatic rings. The Morgan fingerprint density at radius 3 is 2.54 bits per heavy atom. The molecule has 5 nitrogen and oxygen atoms in total. The molecule has 0 aromatic carbocycles. The van der Waals surface area contributed by atoms with E-state index in [4.69, 9.17) is 5.21 Å². The summed E-state index contributed by atoms with van der Waals surface area (Å²) >= 11 is 0. The van der Waals surface area contributed by atoms with Crippen LogP contribution in [0.25, 0.3) is 0 Å². The molecule has 13 heavy (non-hydrogen) atoms. The number of rotatable bonds is 1. The Labute approximate surface area is 76.0 Å². The summed E-state index contributed by atoms with van der Waals surface area (Å²) in [4.78, 5) is 15.0. The summed E-state index contributed by atoms with van der Waals surface area (Å²) < 4.78 is 1.49. The highest BCUT2D eigenvalue weighted by molar-refractivity contribution is 5.28. The molecular formula is C8H13N3O2. The highest BCUT2D eigenvalue weighted by Gasteiger charge is 2.14. The molecule has 0 saturated heterocycles. The number of nitrogens with one attached hydrogen (secondary N) is 1. The smallest absolute Gasteiger partial charge is 0.294 e. The van der Waals surface area contributed by atoms with Gasteiger partial charge in [-0.3, -0.25) is 15.3 Å². The average molecular weight is 183 g/mol. The molecule has 0 aliphatic heterocycles. The zero-order valence-corrected chi connectivity index (χ0v) is 7.90. The zero-order chi connectivity index (χ0) is 10.1. The van der Waals surface area contributed by atoms with Crippen molar-refractivity contribution in [2.24, 2.45) is 0 Å². The SMILES string of the molecule is CC(C)(C)n1ccc(NO)nc1=O. The van der Waals surface area contributed by atoms with Gasteiger partial charge in [0.2, 0.25) is 0 Å². The molecule has 0 spiro atoms. The first-order valence-corrected chi connectivity index (χ1v) is 3.95. The first-order chi connectivity index (χ1) is 5.95. The number of nitrogens with zero attached hydrogens (tertiary/aromatic N) is 2. The molecule has 0 saturated carbocycles. The van der Waals surface area contributed by atoms with Crippen molar-refractivity contribution in [3.63, 3.8) is 0 Å². The van der Waals surface area contributed by atoms with Crippen LogP contribution in [0, 0.1) is 0 Å². The van der Waals surface area contributed by atoms with Crippen LogP contribution in [-0.2, 0) is 5.54 Å². The molecule has 0 aliphatic carbocycles. The maximum absolute atomic E-state index is 11.3. The van der Waals surface area contributed by atoms with E-state index >= 15 is 0 Å². The highest BCUT2D eigenvalue weighted by atomic mass is 16.5. The quantitative estimate of drug-likeness (QED) is 0.632. The molecular weight excluding hydrogens is 170 g/mol. The van der Waals surface area contributed by atoms with Crippen molar-refractivity contribution >= 4 is 5.82 Å². The number of anilines is 1. The van der Waals surface area contributed by atoms with Gasteiger partial charge in [-0.1, -0.05) is 0 Å². The van der Waals surface area contributed by atoms with E-state index in [0.29, 0.717) is 0 Å². The molecule has 0 bridgehead atoms. The van der Waals surface area contributed by atoms with Crippen LogP contribution in [0.5, 0.6) is 0 Å². The third-order valence-corrected chi connectivity index (χ3v) is 1.64. The second-order valence-electron chi connectivity index (χ2n) is 3.75. The lowest BCUT2D eigenvalue weighted by atomic mass is 10.1. The molecule has 0 atom stereocenters. The minimum Gasteiger partial charge on any atom is -0.294 e. The van der Waals surface area contributed by atoms with Crippen LogP contribution in [-0.4, -0.2) is 14.8 Å². The minimum absolute atomic E-state index is 0.158. The van der Waals surface area contributed by atoms with E-state index in [1.54, 1.807) is 6.20 Å². The normalized spacial score (nSPS) is 11.4. The van der Waals surface area contributed by atoms with E-state index in [9.17, 15) is 4.79 Å². The standard InChI is InChI=1S/C8H13N3O2/c1-8(2,3)11-5-4-6(10-13)9-7(11)12/h4-5,13H,1-3H3,(H,9,10,12). The number of hydrogen-bond acceptors (Lipinski definition) is 4. The van der Waals surface area contributed by atoms with Gasteiger partial charge in [-0.15, -0.1) is 0 Å². The van der Waals surface area contributed by atoms with Crippen molar-refractivity contribution in [3.8, 4) is 0 Å². The predicted molar refractivity (Wildman–Crippen MR) is 48.9 cm³/mol. The predicted octanol–water partition coefficient (Wildman–Crippen LogP) is 0.799. The first-order valence-electron chi connectivity index (χ1n) is 3.95. The molecule has 0 amide bonds. The summed E-state index contributed by atoms with van der Waals surface area (Å²) in [6, 6.07) is 1.53. The van der Waals surface area contributed by atoms with Crippen LogP contribution < -0.4 is 11.2 Å². The van der Waals surface area contributed by atoms with Crippen LogP contribution in [0.2, 0.25) is 0 Å². The lowest BCUT2D eigenvalue weighted by molar-refractivity contribution is 0.368. The Morgan fingerprint density at radius 2 is 2.15 bits per heavy atom. The Balaban J connectivity index is 3.21. The van der Waals surface area contributed by atoms with E-state index in [1.807, 2.05) is 26.3 Å². The minimum atomic E-state index is -0.383. The Morgan fingerprint density at radius 1 is 1.54 bits per heavy atom. The van der Waals surface area contributed by atoms with Crippen molar-refractivity contribution < 1.29 is 5.21 Å². The van der Waals surface area contributed by atoms with E-state index < -0.39 is 0 Å². The number of hydrogen-bond donors (Lipinski definition) is 2. The van der Waals surface area contributed by atoms with Crippen molar-refractivity contribution in [1.82, 2.24) is 9.55 Å². The average Bonchev–Trinajstić information content (AvgIpc) is 2.01. The number of aromatic nitrogens is 2. The lowest BCUT2D eigenvalue weighted by Crippen LogP contribution is -2.34. The van der Waals surface area contributed by atoms with Gasteiger partial charge in [0.15, 0.2) is 5.82 Å². The molecule has 0 unspecified atom stereocenters. The molecule has 0 radical (unpaired) electrons. The zero-order valence-electron chi connectivity index (χ0n) is 7.90. The highest BCUT2D eigenvalue weighted by Crippen LogP contribution is 2.10. The molecule has 1 aromatic rings. The molecule has 2 N–H and O–H groups in total. The van der Waals surface area contributed by atoms with Gasteiger partial charge < -0.3 is 0 Å². The fraction of sp³-hybridized carbons (Fsp3) is 0.500. The fourth-order valence-corrected chi connectivity index (χ4v) is 0.976. The Bertz CT molecular complexity index is 351. The second-order valence-corrected chi connectivity index (χ2v) is 3.75. The van der Waals surface area contributed by atoms with Crippen LogP contribution >= 0.6 is 0 Å². The molecule has 1 aromatic heterocycles. The third-order valence-electron chi connectivity index (χ3n) is 1.64. The van der Waals surface area contributed by atoms with Gasteiger partial charge in [0.25, 0.3) is 0 Å². The van der Waals surface area contributed by atoms with Crippen LogP contribution in [0.1, 0.15) is 20.8 Å². The van der Waals surface area contributed by atoms with Crippen LogP contribution in [0.4, 0.5) is 5.82 Å². The Kier molecular flexibility index (Phi) is 2.38. The largest absolute Gasteiger partial charge is 0.350 e. The van der Waals surface area contributed by atoms with Crippen molar-refractivity contribution in [2.75, 3.05) is 5.48 Å². The third kappa shape index (κ3) is 2.06. The summed E-state index contributed by atoms with van der Waals surface area (Å²) in [6.45, 7) is 5.71. The maximum Gasteiger partial charge on any atom is 0.350 e. The van der Waals surface area contributed by atoms with Gasteiger partial charge in [0.1, 0.15) is 0 Å². The van der Waals surface area contributed by atoms with Crippen molar-refractivity contribution in [1.29, 1.82) is 0 Å². The Hall–Kier alpha value is -1.36. The van der Waals surface area contributed by atoms with E-state index in [1.165, 1.54) is 10.6 Å².